The van der Waals surface area contributed by atoms with Crippen molar-refractivity contribution in [2.24, 2.45) is 5.73 Å². The zero-order valence-electron chi connectivity index (χ0n) is 11.2. The lowest BCUT2D eigenvalue weighted by Gasteiger charge is -2.21. The van der Waals surface area contributed by atoms with Crippen LogP contribution in [-0.2, 0) is 0 Å². The summed E-state index contributed by atoms with van der Waals surface area (Å²) in [7, 11) is 0. The van der Waals surface area contributed by atoms with Gasteiger partial charge in [-0.25, -0.2) is 0 Å². The molecule has 0 spiro atoms. The minimum Gasteiger partial charge on any atom is -0.336 e. The Morgan fingerprint density at radius 3 is 2.95 bits per heavy atom. The predicted molar refractivity (Wildman–Crippen MR) is 71.6 cm³/mol. The summed E-state index contributed by atoms with van der Waals surface area (Å²) in [4.78, 5) is 16.4. The monoisotopic (exact) mass is 266 g/mol. The van der Waals surface area contributed by atoms with Crippen LogP contribution in [0.4, 0.5) is 0 Å². The normalized spacial score (nSPS) is 17.4. The highest BCUT2D eigenvalue weighted by Crippen LogP contribution is 2.07. The highest BCUT2D eigenvalue weighted by Gasteiger charge is 2.21. The molecule has 1 amide bonds. The Bertz CT molecular complexity index is 380. The van der Waals surface area contributed by atoms with Crippen LogP contribution in [0.25, 0.3) is 0 Å². The lowest BCUT2D eigenvalue weighted by Crippen LogP contribution is -2.35. The first-order chi connectivity index (χ1) is 9.31. The van der Waals surface area contributed by atoms with E-state index in [0.717, 1.165) is 58.5 Å². The average molecular weight is 266 g/mol. The molecule has 3 N–H and O–H groups in total. The molecule has 1 fully saturated rings. The molecule has 0 radical (unpaired) electrons. The molecule has 1 aliphatic heterocycles. The van der Waals surface area contributed by atoms with Crippen LogP contribution in [0.3, 0.4) is 0 Å². The van der Waals surface area contributed by atoms with Gasteiger partial charge in [0.2, 0.25) is 0 Å². The Morgan fingerprint density at radius 2 is 2.21 bits per heavy atom. The number of nitrogens with one attached hydrogen (secondary N) is 1. The van der Waals surface area contributed by atoms with E-state index in [4.69, 9.17) is 5.73 Å². The maximum atomic E-state index is 12.1. The van der Waals surface area contributed by atoms with E-state index in [1.54, 1.807) is 0 Å². The van der Waals surface area contributed by atoms with Crippen LogP contribution in [0.5, 0.6) is 0 Å². The molecule has 0 aliphatic carbocycles. The maximum Gasteiger partial charge on any atom is 0.276 e. The van der Waals surface area contributed by atoms with Crippen LogP contribution < -0.4 is 5.73 Å². The quantitative estimate of drug-likeness (QED) is 0.713. The van der Waals surface area contributed by atoms with Crippen molar-refractivity contribution in [3.63, 3.8) is 0 Å². The summed E-state index contributed by atoms with van der Waals surface area (Å²) in [5, 5.41) is 10.0. The van der Waals surface area contributed by atoms with Crippen molar-refractivity contribution in [3.05, 3.63) is 11.9 Å². The number of aromatic nitrogens is 3. The number of amides is 1. The van der Waals surface area contributed by atoms with Crippen molar-refractivity contribution in [2.75, 3.05) is 39.3 Å². The second-order valence-electron chi connectivity index (χ2n) is 4.84. The topological polar surface area (TPSA) is 91.1 Å². The Morgan fingerprint density at radius 1 is 1.32 bits per heavy atom. The average Bonchev–Trinajstić information content (AvgIpc) is 2.85. The lowest BCUT2D eigenvalue weighted by atomic mass is 10.3. The van der Waals surface area contributed by atoms with Crippen LogP contribution in [0.2, 0.25) is 0 Å². The Balaban J connectivity index is 1.81. The summed E-state index contributed by atoms with van der Waals surface area (Å²) in [5.41, 5.74) is 5.90. The van der Waals surface area contributed by atoms with Crippen molar-refractivity contribution in [1.29, 1.82) is 0 Å². The molecule has 2 rings (SSSR count). The minimum absolute atomic E-state index is 0.0300. The van der Waals surface area contributed by atoms with Crippen LogP contribution in [0, 0.1) is 0 Å². The van der Waals surface area contributed by atoms with Crippen molar-refractivity contribution in [1.82, 2.24) is 25.2 Å². The van der Waals surface area contributed by atoms with E-state index in [1.165, 1.54) is 6.20 Å². The van der Waals surface area contributed by atoms with Crippen molar-refractivity contribution in [3.8, 4) is 0 Å². The molecular formula is C12H22N6O. The molecule has 1 aromatic rings. The van der Waals surface area contributed by atoms with Gasteiger partial charge in [-0.3, -0.25) is 4.79 Å². The minimum atomic E-state index is -0.0300. The fourth-order valence-electron chi connectivity index (χ4n) is 2.34. The summed E-state index contributed by atoms with van der Waals surface area (Å²) in [6.45, 7) is 5.35. The van der Waals surface area contributed by atoms with Gasteiger partial charge in [-0.1, -0.05) is 0 Å². The largest absolute Gasteiger partial charge is 0.336 e. The SMILES string of the molecule is NCCCCN1CCCN(C(=O)c2cn[nH]n2)CC1. The van der Waals surface area contributed by atoms with Crippen LogP contribution in [-0.4, -0.2) is 70.4 Å². The van der Waals surface area contributed by atoms with E-state index < -0.39 is 0 Å². The number of nitrogens with two attached hydrogens (primary N) is 1. The smallest absolute Gasteiger partial charge is 0.276 e. The maximum absolute atomic E-state index is 12.1. The molecule has 7 nitrogen and oxygen atoms in total. The zero-order chi connectivity index (χ0) is 13.5. The number of rotatable bonds is 5. The molecule has 106 valence electrons. The van der Waals surface area contributed by atoms with Gasteiger partial charge in [-0.2, -0.15) is 15.4 Å². The molecule has 2 heterocycles. The van der Waals surface area contributed by atoms with Crippen molar-refractivity contribution < 1.29 is 4.79 Å². The van der Waals surface area contributed by atoms with Crippen molar-refractivity contribution >= 4 is 5.91 Å². The molecule has 1 aromatic heterocycles. The number of unbranched alkanes of at least 4 members (excludes halogenated alkanes) is 1. The predicted octanol–water partition coefficient (Wildman–Crippen LogP) is -0.308. The Hall–Kier alpha value is -1.47. The highest BCUT2D eigenvalue weighted by molar-refractivity contribution is 5.91. The summed E-state index contributed by atoms with van der Waals surface area (Å²) in [5.74, 6) is -0.0300. The number of hydrogen-bond donors (Lipinski definition) is 2. The molecule has 0 atom stereocenters. The number of nitrogens with zero attached hydrogens (tertiary/aromatic N) is 4. The first-order valence-corrected chi connectivity index (χ1v) is 6.88. The molecule has 1 aliphatic rings. The molecule has 1 saturated heterocycles. The van der Waals surface area contributed by atoms with Crippen LogP contribution >= 0.6 is 0 Å². The van der Waals surface area contributed by atoms with E-state index in [9.17, 15) is 4.79 Å². The molecule has 0 aromatic carbocycles. The van der Waals surface area contributed by atoms with Crippen LogP contribution in [0.15, 0.2) is 6.20 Å². The van der Waals surface area contributed by atoms with Crippen LogP contribution in [0.1, 0.15) is 29.8 Å². The number of hydrogen-bond acceptors (Lipinski definition) is 5. The number of aromatic amines is 1. The van der Waals surface area contributed by atoms with Gasteiger partial charge in [0.15, 0.2) is 5.69 Å². The Labute approximate surface area is 113 Å². The van der Waals surface area contributed by atoms with Gasteiger partial charge in [-0.15, -0.1) is 0 Å². The van der Waals surface area contributed by atoms with E-state index >= 15 is 0 Å². The second-order valence-corrected chi connectivity index (χ2v) is 4.84. The van der Waals surface area contributed by atoms with Gasteiger partial charge in [-0.05, 0) is 38.9 Å². The molecule has 0 unspecified atom stereocenters. The summed E-state index contributed by atoms with van der Waals surface area (Å²) in [6, 6.07) is 0. The number of carbonyl (C=O) groups is 1. The van der Waals surface area contributed by atoms with Gasteiger partial charge >= 0.3 is 0 Å². The third-order valence-corrected chi connectivity index (χ3v) is 3.44. The molecular weight excluding hydrogens is 244 g/mol. The third-order valence-electron chi connectivity index (χ3n) is 3.44. The molecule has 7 heteroatoms. The number of H-pyrrole nitrogens is 1. The third kappa shape index (κ3) is 4.00. The van der Waals surface area contributed by atoms with Gasteiger partial charge in [0, 0.05) is 19.6 Å². The summed E-state index contributed by atoms with van der Waals surface area (Å²) < 4.78 is 0. The van der Waals surface area contributed by atoms with E-state index in [-0.39, 0.29) is 5.91 Å². The van der Waals surface area contributed by atoms with Gasteiger partial charge in [0.05, 0.1) is 6.20 Å². The fraction of sp³-hybridized carbons (Fsp3) is 0.750. The van der Waals surface area contributed by atoms with Crippen molar-refractivity contribution in [2.45, 2.75) is 19.3 Å². The first-order valence-electron chi connectivity index (χ1n) is 6.88. The van der Waals surface area contributed by atoms with E-state index in [1.807, 2.05) is 4.90 Å². The first kappa shape index (κ1) is 14.0. The lowest BCUT2D eigenvalue weighted by molar-refractivity contribution is 0.0755. The highest BCUT2D eigenvalue weighted by atomic mass is 16.2. The molecule has 19 heavy (non-hydrogen) atoms. The summed E-state index contributed by atoms with van der Waals surface area (Å²) >= 11 is 0. The van der Waals surface area contributed by atoms with Gasteiger partial charge in [0.1, 0.15) is 0 Å². The Kier molecular flexibility index (Phi) is 5.29. The summed E-state index contributed by atoms with van der Waals surface area (Å²) in [6.07, 6.45) is 4.68. The molecule has 0 bridgehead atoms. The van der Waals surface area contributed by atoms with Gasteiger partial charge in [0.25, 0.3) is 5.91 Å². The standard InChI is InChI=1S/C12H22N6O/c13-4-1-2-5-17-6-3-7-18(9-8-17)12(19)11-10-14-16-15-11/h10H,1-9,13H2,(H,14,15,16). The second kappa shape index (κ2) is 7.20. The fourth-order valence-corrected chi connectivity index (χ4v) is 2.34. The number of carbonyl (C=O) groups excluding carboxylic acids is 1. The van der Waals surface area contributed by atoms with E-state index in [0.29, 0.717) is 5.69 Å². The zero-order valence-corrected chi connectivity index (χ0v) is 11.2. The van der Waals surface area contributed by atoms with E-state index in [2.05, 4.69) is 20.3 Å². The van der Waals surface area contributed by atoms with Gasteiger partial charge < -0.3 is 15.5 Å². The molecule has 0 saturated carbocycles.